The number of rotatable bonds is 6. The molecule has 0 amide bonds. The highest BCUT2D eigenvalue weighted by Gasteiger charge is 2.16. The molecule has 4 nitrogen and oxygen atoms in total. The van der Waals surface area contributed by atoms with Gasteiger partial charge in [-0.15, -0.1) is 0 Å². The van der Waals surface area contributed by atoms with Gasteiger partial charge >= 0.3 is 0 Å². The number of nitrogens with zero attached hydrogens (tertiary/aromatic N) is 3. The predicted molar refractivity (Wildman–Crippen MR) is 112 cm³/mol. The highest BCUT2D eigenvalue weighted by Crippen LogP contribution is 2.29. The smallest absolute Gasteiger partial charge is 0.107 e. The van der Waals surface area contributed by atoms with E-state index in [1.54, 1.807) is 0 Å². The lowest BCUT2D eigenvalue weighted by molar-refractivity contribution is 0.313. The normalized spacial score (nSPS) is 15.4. The maximum atomic E-state index is 6.19. The van der Waals surface area contributed by atoms with Gasteiger partial charge in [0.1, 0.15) is 5.84 Å². The number of amidine groups is 1. The van der Waals surface area contributed by atoms with Crippen LogP contribution in [0.15, 0.2) is 58.5 Å². The van der Waals surface area contributed by atoms with E-state index in [0.717, 1.165) is 59.7 Å². The molecule has 0 aromatic heterocycles. The summed E-state index contributed by atoms with van der Waals surface area (Å²) in [4.78, 5) is 12.1. The maximum absolute atomic E-state index is 6.19. The molecule has 136 valence electrons. The average Bonchev–Trinajstić information content (AvgIpc) is 2.84. The van der Waals surface area contributed by atoms with Crippen LogP contribution in [0.3, 0.4) is 0 Å². The molecular formula is C21H25ClN4. The van der Waals surface area contributed by atoms with Crippen LogP contribution in [-0.2, 0) is 0 Å². The Bertz CT molecular complexity index is 809. The quantitative estimate of drug-likeness (QED) is 0.777. The van der Waals surface area contributed by atoms with Crippen LogP contribution in [0.4, 0.5) is 11.4 Å². The lowest BCUT2D eigenvalue weighted by Gasteiger charge is -2.17. The zero-order chi connectivity index (χ0) is 18.4. The molecule has 1 aliphatic heterocycles. The van der Waals surface area contributed by atoms with E-state index in [-0.39, 0.29) is 0 Å². The first-order chi connectivity index (χ1) is 12.7. The van der Waals surface area contributed by atoms with Crippen molar-refractivity contribution in [2.75, 3.05) is 31.5 Å². The largest absolute Gasteiger partial charge is 0.342 e. The first-order valence-electron chi connectivity index (χ1n) is 9.14. The van der Waals surface area contributed by atoms with Crippen LogP contribution in [-0.4, -0.2) is 42.6 Å². The topological polar surface area (TPSA) is 40.0 Å². The minimum atomic E-state index is 0.660. The van der Waals surface area contributed by atoms with Crippen LogP contribution in [0.2, 0.25) is 5.02 Å². The Kier molecular flexibility index (Phi) is 6.42. The molecule has 26 heavy (non-hydrogen) atoms. The second-order valence-electron chi connectivity index (χ2n) is 6.24. The molecule has 0 atom stereocenters. The number of fused-ring (bicyclic) bond motifs is 1. The van der Waals surface area contributed by atoms with Crippen molar-refractivity contribution < 1.29 is 0 Å². The van der Waals surface area contributed by atoms with Crippen LogP contribution in [0.25, 0.3) is 0 Å². The van der Waals surface area contributed by atoms with Gasteiger partial charge < -0.3 is 10.2 Å². The highest BCUT2D eigenvalue weighted by molar-refractivity contribution is 6.31. The number of hydrogen-bond donors (Lipinski definition) is 1. The molecule has 1 aliphatic rings. The predicted octanol–water partition coefficient (Wildman–Crippen LogP) is 5.02. The van der Waals surface area contributed by atoms with Gasteiger partial charge in [0.25, 0.3) is 0 Å². The van der Waals surface area contributed by atoms with Gasteiger partial charge in [-0.2, -0.15) is 0 Å². The van der Waals surface area contributed by atoms with Crippen molar-refractivity contribution in [3.05, 3.63) is 59.1 Å². The number of aliphatic imine (C=N–C) groups is 2. The second kappa shape index (κ2) is 8.97. The molecule has 0 spiro atoms. The fraction of sp³-hybridized carbons (Fsp3) is 0.333. The van der Waals surface area contributed by atoms with E-state index < -0.39 is 0 Å². The minimum absolute atomic E-state index is 0.660. The van der Waals surface area contributed by atoms with E-state index in [4.69, 9.17) is 21.6 Å². The molecule has 0 saturated carbocycles. The van der Waals surface area contributed by atoms with Gasteiger partial charge in [-0.3, -0.25) is 9.98 Å². The van der Waals surface area contributed by atoms with Crippen LogP contribution in [0.1, 0.15) is 25.8 Å². The number of para-hydroxylation sites is 2. The fourth-order valence-electron chi connectivity index (χ4n) is 3.02. The Balaban J connectivity index is 1.88. The molecule has 0 aliphatic carbocycles. The summed E-state index contributed by atoms with van der Waals surface area (Å²) < 4.78 is 0. The lowest BCUT2D eigenvalue weighted by Crippen LogP contribution is -2.26. The average molecular weight is 369 g/mol. The highest BCUT2D eigenvalue weighted by atomic mass is 35.5. The third-order valence-electron chi connectivity index (χ3n) is 4.54. The Morgan fingerprint density at radius 3 is 2.69 bits per heavy atom. The molecule has 1 heterocycles. The SMILES string of the molecule is CCN(CC)CCN=C1CC(c2cccc(Cl)c2)=Nc2ccccc2N1. The summed E-state index contributed by atoms with van der Waals surface area (Å²) in [6, 6.07) is 15.9. The first-order valence-corrected chi connectivity index (χ1v) is 9.52. The van der Waals surface area contributed by atoms with E-state index >= 15 is 0 Å². The molecule has 0 bridgehead atoms. The molecule has 5 heteroatoms. The molecule has 0 fully saturated rings. The summed E-state index contributed by atoms with van der Waals surface area (Å²) >= 11 is 6.19. The van der Waals surface area contributed by atoms with Crippen molar-refractivity contribution in [1.82, 2.24) is 4.90 Å². The molecule has 3 rings (SSSR count). The summed E-state index contributed by atoms with van der Waals surface area (Å²) in [6.07, 6.45) is 0.660. The maximum Gasteiger partial charge on any atom is 0.107 e. The molecule has 1 N–H and O–H groups in total. The van der Waals surface area contributed by atoms with Crippen molar-refractivity contribution in [1.29, 1.82) is 0 Å². The van der Waals surface area contributed by atoms with Crippen molar-refractivity contribution in [3.63, 3.8) is 0 Å². The summed E-state index contributed by atoms with van der Waals surface area (Å²) in [5, 5.41) is 4.19. The molecule has 2 aromatic carbocycles. The van der Waals surface area contributed by atoms with E-state index in [0.29, 0.717) is 6.42 Å². The Morgan fingerprint density at radius 2 is 1.92 bits per heavy atom. The third-order valence-corrected chi connectivity index (χ3v) is 4.78. The van der Waals surface area contributed by atoms with Gasteiger partial charge in [-0.05, 0) is 42.9 Å². The van der Waals surface area contributed by atoms with Gasteiger partial charge in [0, 0.05) is 18.0 Å². The second-order valence-corrected chi connectivity index (χ2v) is 6.68. The molecule has 0 unspecified atom stereocenters. The van der Waals surface area contributed by atoms with Gasteiger partial charge in [0.15, 0.2) is 0 Å². The van der Waals surface area contributed by atoms with Crippen LogP contribution >= 0.6 is 11.6 Å². The number of halogens is 1. The molecule has 2 aromatic rings. The zero-order valence-electron chi connectivity index (χ0n) is 15.4. The monoisotopic (exact) mass is 368 g/mol. The van der Waals surface area contributed by atoms with Gasteiger partial charge in [-0.25, -0.2) is 0 Å². The standard InChI is InChI=1S/C21H25ClN4/c1-3-26(4-2)13-12-23-21-15-20(16-8-7-9-17(22)14-16)24-18-10-5-6-11-19(18)25-21/h5-11,14H,3-4,12-13,15H2,1-2H3,(H,23,25). The number of hydrogen-bond acceptors (Lipinski definition) is 3. The molecule has 0 saturated heterocycles. The zero-order valence-corrected chi connectivity index (χ0v) is 16.1. The van der Waals surface area contributed by atoms with Crippen molar-refractivity contribution in [2.24, 2.45) is 9.98 Å². The van der Waals surface area contributed by atoms with E-state index in [2.05, 4.69) is 24.1 Å². The summed E-state index contributed by atoms with van der Waals surface area (Å²) in [6.45, 7) is 8.19. The summed E-state index contributed by atoms with van der Waals surface area (Å²) in [5.41, 5.74) is 3.93. The number of likely N-dealkylation sites (N-methyl/N-ethyl adjacent to an activating group) is 1. The summed E-state index contributed by atoms with van der Waals surface area (Å²) in [5.74, 6) is 0.945. The van der Waals surface area contributed by atoms with Crippen LogP contribution in [0.5, 0.6) is 0 Å². The van der Waals surface area contributed by atoms with Crippen LogP contribution < -0.4 is 5.32 Å². The van der Waals surface area contributed by atoms with E-state index in [1.165, 1.54) is 0 Å². The van der Waals surface area contributed by atoms with Gasteiger partial charge in [0.05, 0.1) is 23.6 Å². The van der Waals surface area contributed by atoms with Gasteiger partial charge in [-0.1, -0.05) is 49.7 Å². The van der Waals surface area contributed by atoms with Crippen LogP contribution in [0, 0.1) is 0 Å². The van der Waals surface area contributed by atoms with E-state index in [1.807, 2.05) is 48.5 Å². The third kappa shape index (κ3) is 4.71. The Labute approximate surface area is 160 Å². The van der Waals surface area contributed by atoms with Crippen molar-refractivity contribution in [2.45, 2.75) is 20.3 Å². The van der Waals surface area contributed by atoms with E-state index in [9.17, 15) is 0 Å². The lowest BCUT2D eigenvalue weighted by atomic mass is 10.1. The van der Waals surface area contributed by atoms with Crippen molar-refractivity contribution in [3.8, 4) is 0 Å². The fourth-order valence-corrected chi connectivity index (χ4v) is 3.21. The number of nitrogens with one attached hydrogen (secondary N) is 1. The number of benzene rings is 2. The summed E-state index contributed by atoms with van der Waals surface area (Å²) in [7, 11) is 0. The van der Waals surface area contributed by atoms with Crippen molar-refractivity contribution >= 4 is 34.5 Å². The first kappa shape index (κ1) is 18.6. The minimum Gasteiger partial charge on any atom is -0.342 e. The Morgan fingerprint density at radius 1 is 1.12 bits per heavy atom. The van der Waals surface area contributed by atoms with Gasteiger partial charge in [0.2, 0.25) is 0 Å². The Hall–Kier alpha value is -2.17. The number of anilines is 1. The molecule has 0 radical (unpaired) electrons. The molecular weight excluding hydrogens is 344 g/mol.